The summed E-state index contributed by atoms with van der Waals surface area (Å²) in [6.07, 6.45) is 0.152. The highest BCUT2D eigenvalue weighted by Crippen LogP contribution is 2.31. The third-order valence-corrected chi connectivity index (χ3v) is 4.19. The van der Waals surface area contributed by atoms with Crippen LogP contribution in [0.5, 0.6) is 0 Å². The smallest absolute Gasteiger partial charge is 0.227 e. The molecule has 1 unspecified atom stereocenters. The van der Waals surface area contributed by atoms with E-state index in [1.165, 1.54) is 6.92 Å². The summed E-state index contributed by atoms with van der Waals surface area (Å²) in [5.41, 5.74) is -0.557. The first-order valence-electron chi connectivity index (χ1n) is 6.25. The van der Waals surface area contributed by atoms with Gasteiger partial charge in [0.25, 0.3) is 0 Å². The van der Waals surface area contributed by atoms with Gasteiger partial charge in [0, 0.05) is 25.6 Å². The third-order valence-electron chi connectivity index (χ3n) is 3.14. The van der Waals surface area contributed by atoms with E-state index in [1.54, 1.807) is 6.07 Å². The molecule has 4 nitrogen and oxygen atoms in total. The van der Waals surface area contributed by atoms with Gasteiger partial charge in [-0.1, -0.05) is 11.8 Å². The van der Waals surface area contributed by atoms with E-state index in [0.29, 0.717) is 5.75 Å². The van der Waals surface area contributed by atoms with Crippen molar-refractivity contribution in [2.45, 2.75) is 13.3 Å². The van der Waals surface area contributed by atoms with Crippen LogP contribution in [-0.4, -0.2) is 23.3 Å². The van der Waals surface area contributed by atoms with E-state index in [1.807, 2.05) is 0 Å². The molecule has 0 radical (unpaired) electrons. The van der Waals surface area contributed by atoms with Crippen LogP contribution in [0.4, 0.5) is 14.5 Å². The van der Waals surface area contributed by atoms with Crippen molar-refractivity contribution in [3.05, 3.63) is 29.3 Å². The Labute approximate surface area is 124 Å². The number of halogens is 2. The lowest BCUT2D eigenvalue weighted by atomic mass is 10.1. The summed E-state index contributed by atoms with van der Waals surface area (Å²) in [4.78, 5) is 23.9. The van der Waals surface area contributed by atoms with Crippen LogP contribution in [0.1, 0.15) is 18.9 Å². The topological polar surface area (TPSA) is 61.2 Å². The lowest BCUT2D eigenvalue weighted by Crippen LogP contribution is -2.27. The lowest BCUT2D eigenvalue weighted by molar-refractivity contribution is -0.117. The van der Waals surface area contributed by atoms with Gasteiger partial charge in [-0.05, 0) is 18.1 Å². The van der Waals surface area contributed by atoms with Gasteiger partial charge in [0.2, 0.25) is 5.91 Å². The van der Waals surface area contributed by atoms with E-state index < -0.39 is 17.3 Å². The molecule has 0 N–H and O–H groups in total. The lowest BCUT2D eigenvalue weighted by Gasteiger charge is -2.18. The Morgan fingerprint density at radius 1 is 1.48 bits per heavy atom. The third kappa shape index (κ3) is 3.39. The minimum absolute atomic E-state index is 0.0587. The first-order chi connectivity index (χ1) is 9.92. The number of nitriles is 1. The summed E-state index contributed by atoms with van der Waals surface area (Å²) in [5.74, 6) is -1.93. The van der Waals surface area contributed by atoms with Gasteiger partial charge in [-0.2, -0.15) is 5.26 Å². The molecule has 1 atom stereocenters. The Kier molecular flexibility index (Phi) is 4.58. The van der Waals surface area contributed by atoms with Crippen molar-refractivity contribution in [3.63, 3.8) is 0 Å². The number of benzene rings is 1. The van der Waals surface area contributed by atoms with Crippen LogP contribution in [0.2, 0.25) is 0 Å². The number of hydrogen-bond acceptors (Lipinski definition) is 4. The highest BCUT2D eigenvalue weighted by molar-refractivity contribution is 8.13. The number of amides is 1. The molecular weight excluding hydrogens is 298 g/mol. The summed E-state index contributed by atoms with van der Waals surface area (Å²) in [7, 11) is 0. The van der Waals surface area contributed by atoms with Gasteiger partial charge in [0.15, 0.2) is 16.7 Å². The predicted octanol–water partition coefficient (Wildman–Crippen LogP) is 2.47. The zero-order valence-electron chi connectivity index (χ0n) is 11.2. The van der Waals surface area contributed by atoms with Crippen molar-refractivity contribution < 1.29 is 18.4 Å². The van der Waals surface area contributed by atoms with Crippen LogP contribution in [0.15, 0.2) is 12.1 Å². The van der Waals surface area contributed by atoms with Gasteiger partial charge >= 0.3 is 0 Å². The van der Waals surface area contributed by atoms with Crippen LogP contribution in [0.3, 0.4) is 0 Å². The molecule has 1 heterocycles. The number of rotatable bonds is 3. The zero-order chi connectivity index (χ0) is 15.6. The fourth-order valence-electron chi connectivity index (χ4n) is 2.23. The predicted molar refractivity (Wildman–Crippen MR) is 74.7 cm³/mol. The van der Waals surface area contributed by atoms with Gasteiger partial charge in [0.05, 0.1) is 11.6 Å². The summed E-state index contributed by atoms with van der Waals surface area (Å²) in [6.45, 7) is 1.60. The Bertz CT molecular complexity index is 619. The van der Waals surface area contributed by atoms with Gasteiger partial charge in [-0.15, -0.1) is 0 Å². The number of carbonyl (C=O) groups excluding carboxylic acids is 2. The Hall–Kier alpha value is -1.94. The normalized spacial score (nSPS) is 17.9. The molecule has 1 aliphatic heterocycles. The van der Waals surface area contributed by atoms with Crippen LogP contribution < -0.4 is 4.90 Å². The van der Waals surface area contributed by atoms with Gasteiger partial charge in [-0.3, -0.25) is 9.59 Å². The molecular formula is C14H12F2N2O2S. The minimum atomic E-state index is -0.931. The number of hydrogen-bond donors (Lipinski definition) is 0. The van der Waals surface area contributed by atoms with Crippen LogP contribution in [0.25, 0.3) is 0 Å². The molecule has 0 saturated carbocycles. The van der Waals surface area contributed by atoms with Crippen molar-refractivity contribution in [3.8, 4) is 6.07 Å². The maximum absolute atomic E-state index is 13.9. The summed E-state index contributed by atoms with van der Waals surface area (Å²) in [6, 6.07) is 3.47. The molecule has 1 aromatic rings. The first-order valence-corrected chi connectivity index (χ1v) is 7.23. The number of carbonyl (C=O) groups is 2. The van der Waals surface area contributed by atoms with Crippen molar-refractivity contribution >= 4 is 28.5 Å². The molecule has 0 aliphatic carbocycles. The molecule has 0 bridgehead atoms. The molecule has 1 amide bonds. The quantitative estimate of drug-likeness (QED) is 0.860. The molecule has 1 fully saturated rings. The van der Waals surface area contributed by atoms with E-state index >= 15 is 0 Å². The summed E-state index contributed by atoms with van der Waals surface area (Å²) >= 11 is 1.09. The Morgan fingerprint density at radius 3 is 2.62 bits per heavy atom. The van der Waals surface area contributed by atoms with E-state index in [4.69, 9.17) is 5.26 Å². The molecule has 1 saturated heterocycles. The van der Waals surface area contributed by atoms with Crippen molar-refractivity contribution in [1.82, 2.24) is 0 Å². The first kappa shape index (κ1) is 15.4. The van der Waals surface area contributed by atoms with Crippen LogP contribution in [0, 0.1) is 28.9 Å². The second kappa shape index (κ2) is 6.22. The van der Waals surface area contributed by atoms with Crippen molar-refractivity contribution in [2.75, 3.05) is 17.2 Å². The Balaban J connectivity index is 2.21. The second-order valence-corrected chi connectivity index (χ2v) is 5.97. The minimum Gasteiger partial charge on any atom is -0.307 e. The molecule has 1 aromatic carbocycles. The SMILES string of the molecule is CC(=O)SCC1CC(=O)N(c2c(F)cc(C#N)cc2F)C1. The highest BCUT2D eigenvalue weighted by Gasteiger charge is 2.34. The standard InChI is InChI=1S/C14H12F2N2O2S/c1-8(19)21-7-10-4-13(20)18(6-10)14-11(15)2-9(5-17)3-12(14)16/h2-3,10H,4,6-7H2,1H3. The summed E-state index contributed by atoms with van der Waals surface area (Å²) in [5, 5.41) is 8.60. The van der Waals surface area contributed by atoms with Crippen molar-refractivity contribution in [2.24, 2.45) is 5.92 Å². The summed E-state index contributed by atoms with van der Waals surface area (Å²) < 4.78 is 27.8. The molecule has 2 rings (SSSR count). The van der Waals surface area contributed by atoms with E-state index in [2.05, 4.69) is 0 Å². The van der Waals surface area contributed by atoms with Crippen LogP contribution >= 0.6 is 11.8 Å². The molecule has 7 heteroatoms. The van der Waals surface area contributed by atoms with E-state index in [-0.39, 0.29) is 35.5 Å². The van der Waals surface area contributed by atoms with Gasteiger partial charge in [-0.25, -0.2) is 8.78 Å². The highest BCUT2D eigenvalue weighted by atomic mass is 32.2. The number of thioether (sulfide) groups is 1. The second-order valence-electron chi connectivity index (χ2n) is 4.78. The van der Waals surface area contributed by atoms with Gasteiger partial charge < -0.3 is 4.90 Å². The average molecular weight is 310 g/mol. The molecule has 1 aliphatic rings. The maximum Gasteiger partial charge on any atom is 0.227 e. The molecule has 110 valence electrons. The van der Waals surface area contributed by atoms with Crippen LogP contribution in [-0.2, 0) is 9.59 Å². The molecule has 21 heavy (non-hydrogen) atoms. The fraction of sp³-hybridized carbons (Fsp3) is 0.357. The molecule has 0 aromatic heterocycles. The fourth-order valence-corrected chi connectivity index (χ4v) is 2.93. The maximum atomic E-state index is 13.9. The van der Waals surface area contributed by atoms with E-state index in [9.17, 15) is 18.4 Å². The number of nitrogens with zero attached hydrogens (tertiary/aromatic N) is 2. The largest absolute Gasteiger partial charge is 0.307 e. The monoisotopic (exact) mass is 310 g/mol. The van der Waals surface area contributed by atoms with E-state index in [0.717, 1.165) is 28.8 Å². The van der Waals surface area contributed by atoms with Crippen molar-refractivity contribution in [1.29, 1.82) is 5.26 Å². The zero-order valence-corrected chi connectivity index (χ0v) is 12.0. The molecule has 0 spiro atoms. The van der Waals surface area contributed by atoms with Gasteiger partial charge in [0.1, 0.15) is 5.69 Å². The average Bonchev–Trinajstić information content (AvgIpc) is 2.77. The Morgan fingerprint density at radius 2 is 2.10 bits per heavy atom. The number of anilines is 1.